The number of methoxy groups -OCH3 is 2. The highest BCUT2D eigenvalue weighted by Crippen LogP contribution is 2.34. The van der Waals surface area contributed by atoms with Crippen molar-refractivity contribution in [1.29, 1.82) is 0 Å². The van der Waals surface area contributed by atoms with E-state index in [1.807, 2.05) is 13.0 Å². The van der Waals surface area contributed by atoms with Crippen molar-refractivity contribution < 1.29 is 19.0 Å². The van der Waals surface area contributed by atoms with Gasteiger partial charge in [0.05, 0.1) is 26.2 Å². The van der Waals surface area contributed by atoms with Crippen molar-refractivity contribution in [3.8, 4) is 22.9 Å². The Labute approximate surface area is 179 Å². The molecule has 0 saturated heterocycles. The molecule has 1 aromatic carbocycles. The Hall–Kier alpha value is -2.87. The number of carbonyl (C=O) groups excluding carboxylic acids is 1. The van der Waals surface area contributed by atoms with Gasteiger partial charge in [0.1, 0.15) is 16.2 Å². The maximum Gasteiger partial charge on any atom is 0.331 e. The second-order valence-electron chi connectivity index (χ2n) is 7.21. The Morgan fingerprint density at radius 3 is 2.43 bits per heavy atom. The summed E-state index contributed by atoms with van der Waals surface area (Å²) in [4.78, 5) is 32.8. The lowest BCUT2D eigenvalue weighted by Gasteiger charge is -2.27. The molecule has 0 unspecified atom stereocenters. The van der Waals surface area contributed by atoms with Crippen LogP contribution in [0.3, 0.4) is 0 Å². The van der Waals surface area contributed by atoms with Gasteiger partial charge in [-0.15, -0.1) is 11.3 Å². The van der Waals surface area contributed by atoms with Gasteiger partial charge >= 0.3 is 5.97 Å². The summed E-state index contributed by atoms with van der Waals surface area (Å²) in [6.07, 6.45) is 0.799. The summed E-state index contributed by atoms with van der Waals surface area (Å²) in [6, 6.07) is 7.14. The van der Waals surface area contributed by atoms with E-state index in [-0.39, 0.29) is 12.2 Å². The fourth-order valence-electron chi connectivity index (χ4n) is 3.29. The normalized spacial score (nSPS) is 11.5. The summed E-state index contributed by atoms with van der Waals surface area (Å²) < 4.78 is 17.4. The number of nitrogens with zero attached hydrogens (tertiary/aromatic N) is 2. The number of hydrogen-bond acceptors (Lipinski definition) is 7. The maximum absolute atomic E-state index is 13.6. The van der Waals surface area contributed by atoms with Crippen molar-refractivity contribution in [1.82, 2.24) is 9.55 Å². The second-order valence-corrected chi connectivity index (χ2v) is 8.33. The van der Waals surface area contributed by atoms with Crippen molar-refractivity contribution in [2.75, 3.05) is 20.8 Å². The number of thiophene rings is 1. The summed E-state index contributed by atoms with van der Waals surface area (Å²) >= 11 is 1.48. The van der Waals surface area contributed by atoms with Gasteiger partial charge in [0.25, 0.3) is 5.56 Å². The zero-order chi connectivity index (χ0) is 22.1. The predicted molar refractivity (Wildman–Crippen MR) is 118 cm³/mol. The fourth-order valence-corrected chi connectivity index (χ4v) is 4.25. The largest absolute Gasteiger partial charge is 0.493 e. The number of esters is 1. The van der Waals surface area contributed by atoms with Crippen LogP contribution in [0.4, 0.5) is 0 Å². The molecule has 0 aliphatic carbocycles. The van der Waals surface area contributed by atoms with Gasteiger partial charge in [-0.3, -0.25) is 9.36 Å². The van der Waals surface area contributed by atoms with Crippen LogP contribution in [0.5, 0.6) is 11.5 Å². The molecule has 3 rings (SSSR count). The van der Waals surface area contributed by atoms with Crippen molar-refractivity contribution in [2.45, 2.75) is 39.7 Å². The average molecular weight is 431 g/mol. The van der Waals surface area contributed by atoms with Crippen LogP contribution in [0.15, 0.2) is 29.1 Å². The van der Waals surface area contributed by atoms with Crippen LogP contribution < -0.4 is 15.0 Å². The minimum Gasteiger partial charge on any atom is -0.493 e. The molecule has 0 aliphatic heterocycles. The molecular weight excluding hydrogens is 404 g/mol. The first kappa shape index (κ1) is 21.8. The van der Waals surface area contributed by atoms with Crippen LogP contribution in [-0.4, -0.2) is 36.3 Å². The highest BCUT2D eigenvalue weighted by atomic mass is 32.1. The van der Waals surface area contributed by atoms with Gasteiger partial charge in [-0.2, -0.15) is 0 Å². The molecule has 0 fully saturated rings. The molecule has 2 heterocycles. The average Bonchev–Trinajstić information content (AvgIpc) is 3.16. The number of aromatic nitrogens is 2. The van der Waals surface area contributed by atoms with Crippen LogP contribution in [0.1, 0.15) is 32.6 Å². The van der Waals surface area contributed by atoms with E-state index in [0.29, 0.717) is 33.1 Å². The molecule has 8 heteroatoms. The number of carbonyl (C=O) groups is 1. The van der Waals surface area contributed by atoms with Crippen molar-refractivity contribution in [3.05, 3.63) is 39.5 Å². The summed E-state index contributed by atoms with van der Waals surface area (Å²) in [5.74, 6) is 0.937. The molecule has 3 aromatic rings. The Balaban J connectivity index is 2.37. The first-order chi connectivity index (χ1) is 14.3. The number of rotatable bonds is 7. The van der Waals surface area contributed by atoms with Gasteiger partial charge in [0.15, 0.2) is 11.5 Å². The third-order valence-electron chi connectivity index (χ3n) is 4.94. The lowest BCUT2D eigenvalue weighted by molar-refractivity contribution is -0.152. The quantitative estimate of drug-likeness (QED) is 0.527. The van der Waals surface area contributed by atoms with E-state index < -0.39 is 11.5 Å². The molecule has 2 aromatic heterocycles. The summed E-state index contributed by atoms with van der Waals surface area (Å²) in [6.45, 7) is 7.31. The molecule has 0 amide bonds. The first-order valence-corrected chi connectivity index (χ1v) is 10.6. The Kier molecular flexibility index (Phi) is 6.17. The van der Waals surface area contributed by atoms with Gasteiger partial charge in [-0.25, -0.2) is 9.78 Å². The number of benzene rings is 1. The zero-order valence-corrected chi connectivity index (χ0v) is 18.9. The third-order valence-corrected chi connectivity index (χ3v) is 6.11. The summed E-state index contributed by atoms with van der Waals surface area (Å²) in [7, 11) is 3.10. The van der Waals surface area contributed by atoms with Crippen LogP contribution in [0.2, 0.25) is 0 Å². The Bertz CT molecular complexity index is 1150. The van der Waals surface area contributed by atoms with E-state index in [4.69, 9.17) is 19.2 Å². The summed E-state index contributed by atoms with van der Waals surface area (Å²) in [5, 5.41) is 0.499. The first-order valence-electron chi connectivity index (χ1n) is 9.74. The molecule has 0 bridgehead atoms. The summed E-state index contributed by atoms with van der Waals surface area (Å²) in [5.41, 5.74) is -0.903. The van der Waals surface area contributed by atoms with Crippen LogP contribution in [0.25, 0.3) is 21.6 Å². The topological polar surface area (TPSA) is 79.7 Å². The molecule has 30 heavy (non-hydrogen) atoms. The van der Waals surface area contributed by atoms with Crippen LogP contribution in [0, 0.1) is 0 Å². The van der Waals surface area contributed by atoms with Crippen LogP contribution >= 0.6 is 11.3 Å². The smallest absolute Gasteiger partial charge is 0.331 e. The minimum atomic E-state index is -1.26. The number of hydrogen-bond donors (Lipinski definition) is 0. The standard InChI is InChI=1S/C22H26N2O5S/c1-7-14-12-15-19(30-14)23-18(13-9-10-16(27-5)17(11-13)28-6)24(20(15)25)22(3,4)21(26)29-8-2/h9-12H,7-8H2,1-6H3. The predicted octanol–water partition coefficient (Wildman–Crippen LogP) is 4.00. The van der Waals surface area contributed by atoms with E-state index in [1.165, 1.54) is 15.9 Å². The lowest BCUT2D eigenvalue weighted by atomic mass is 10.0. The fraction of sp³-hybridized carbons (Fsp3) is 0.409. The Morgan fingerprint density at radius 1 is 1.13 bits per heavy atom. The van der Waals surface area contributed by atoms with Crippen molar-refractivity contribution in [3.63, 3.8) is 0 Å². The van der Waals surface area contributed by atoms with E-state index in [2.05, 4.69) is 0 Å². The van der Waals surface area contributed by atoms with Gasteiger partial charge < -0.3 is 14.2 Å². The molecule has 0 radical (unpaired) electrons. The minimum absolute atomic E-state index is 0.219. The molecule has 0 N–H and O–H groups in total. The zero-order valence-electron chi connectivity index (χ0n) is 18.1. The SMILES string of the molecule is CCOC(=O)C(C)(C)n1c(-c2ccc(OC)c(OC)c2)nc2sc(CC)cc2c1=O. The number of aryl methyl sites for hydroxylation is 1. The molecule has 0 saturated carbocycles. The molecule has 160 valence electrons. The van der Waals surface area contributed by atoms with E-state index in [9.17, 15) is 9.59 Å². The second kappa shape index (κ2) is 8.47. The lowest BCUT2D eigenvalue weighted by Crippen LogP contribution is -2.45. The van der Waals surface area contributed by atoms with E-state index in [0.717, 1.165) is 11.3 Å². The Morgan fingerprint density at radius 2 is 1.83 bits per heavy atom. The van der Waals surface area contributed by atoms with Gasteiger partial charge in [-0.1, -0.05) is 6.92 Å². The molecule has 0 aliphatic rings. The number of ether oxygens (including phenoxy) is 3. The van der Waals surface area contributed by atoms with Gasteiger partial charge in [0.2, 0.25) is 0 Å². The van der Waals surface area contributed by atoms with Crippen molar-refractivity contribution >= 4 is 27.5 Å². The van der Waals surface area contributed by atoms with E-state index in [1.54, 1.807) is 53.2 Å². The highest BCUT2D eigenvalue weighted by molar-refractivity contribution is 7.18. The number of fused-ring (bicyclic) bond motifs is 1. The van der Waals surface area contributed by atoms with Crippen molar-refractivity contribution in [2.24, 2.45) is 0 Å². The monoisotopic (exact) mass is 430 g/mol. The van der Waals surface area contributed by atoms with Crippen LogP contribution in [-0.2, 0) is 21.5 Å². The highest BCUT2D eigenvalue weighted by Gasteiger charge is 2.36. The van der Waals surface area contributed by atoms with Gasteiger partial charge in [-0.05, 0) is 51.5 Å². The molecule has 0 atom stereocenters. The molecule has 7 nitrogen and oxygen atoms in total. The van der Waals surface area contributed by atoms with Gasteiger partial charge in [0, 0.05) is 10.4 Å². The molecule has 0 spiro atoms. The molecular formula is C22H26N2O5S. The van der Waals surface area contributed by atoms with E-state index >= 15 is 0 Å². The maximum atomic E-state index is 13.6. The third kappa shape index (κ3) is 3.67.